The summed E-state index contributed by atoms with van der Waals surface area (Å²) in [4.78, 5) is 44.9. The first-order chi connectivity index (χ1) is 17.2. The number of ether oxygens (including phenoxy) is 2. The molecule has 2 N–H and O–H groups in total. The van der Waals surface area contributed by atoms with E-state index in [9.17, 15) is 14.4 Å². The molecule has 0 fully saturated rings. The van der Waals surface area contributed by atoms with E-state index >= 15 is 0 Å². The number of hydrogen-bond donors (Lipinski definition) is 2. The molecule has 4 rings (SSSR count). The Hall–Kier alpha value is -3.86. The highest BCUT2D eigenvalue weighted by Crippen LogP contribution is 2.26. The van der Waals surface area contributed by atoms with Crippen LogP contribution in [-0.4, -0.2) is 43.9 Å². The Bertz CT molecular complexity index is 1380. The van der Waals surface area contributed by atoms with Crippen LogP contribution >= 0.6 is 11.6 Å². The fourth-order valence-electron chi connectivity index (χ4n) is 3.81. The molecule has 1 aromatic carbocycles. The van der Waals surface area contributed by atoms with E-state index in [1.54, 1.807) is 31.2 Å². The minimum Gasteiger partial charge on any atom is -0.480 e. The zero-order chi connectivity index (χ0) is 25.8. The van der Waals surface area contributed by atoms with Gasteiger partial charge >= 0.3 is 23.4 Å². The van der Waals surface area contributed by atoms with E-state index in [1.807, 2.05) is 19.1 Å². The van der Waals surface area contributed by atoms with Gasteiger partial charge in [0, 0.05) is 23.8 Å². The molecule has 1 aromatic heterocycles. The number of hydrogen-bond acceptors (Lipinski definition) is 8. The van der Waals surface area contributed by atoms with Gasteiger partial charge in [0.2, 0.25) is 5.95 Å². The topological polar surface area (TPSA) is 137 Å². The molecule has 2 atom stereocenters. The summed E-state index contributed by atoms with van der Waals surface area (Å²) in [5.74, 6) is -0.524. The number of carboxylic acid groups (broad SMARTS) is 1. The lowest BCUT2D eigenvalue weighted by atomic mass is 10.0. The number of benzene rings is 1. The van der Waals surface area contributed by atoms with Gasteiger partial charge in [-0.1, -0.05) is 30.7 Å². The van der Waals surface area contributed by atoms with Gasteiger partial charge in [-0.25, -0.2) is 19.0 Å². The SMILES string of the molecule is CCCn1c(=O)nc(Nc2ccc(OC3=NC(C(=O)O)CO3)c(C)c2)n(CC2C=CC(Cl)=CC2)c1=O. The Morgan fingerprint density at radius 3 is 2.78 bits per heavy atom. The Balaban J connectivity index is 1.59. The smallest absolute Gasteiger partial charge is 0.390 e. The standard InChI is InChI=1S/C24H26ClN5O6/c1-3-10-29-22(33)28-21(30(24(29)34)12-15-4-6-16(25)7-5-15)26-17-8-9-19(14(2)11-17)36-23-27-18(13-35-23)20(31)32/h4,6-9,11,15,18H,3,5,10,12-13H2,1-2H3,(H,31,32)(H,26,28,33). The zero-order valence-corrected chi connectivity index (χ0v) is 20.6. The normalized spacial score (nSPS) is 18.9. The fraction of sp³-hybridized carbons (Fsp3) is 0.375. The number of aliphatic imine (C=N–C) groups is 1. The number of carboxylic acids is 1. The fourth-order valence-corrected chi connectivity index (χ4v) is 3.97. The van der Waals surface area contributed by atoms with Crippen molar-refractivity contribution in [3.63, 3.8) is 0 Å². The van der Waals surface area contributed by atoms with Crippen LogP contribution in [0, 0.1) is 12.8 Å². The Morgan fingerprint density at radius 2 is 2.14 bits per heavy atom. The molecule has 0 spiro atoms. The van der Waals surface area contributed by atoms with Gasteiger partial charge in [0.05, 0.1) is 0 Å². The highest BCUT2D eigenvalue weighted by Gasteiger charge is 2.27. The summed E-state index contributed by atoms with van der Waals surface area (Å²) in [5, 5.41) is 12.8. The Labute approximate surface area is 211 Å². The summed E-state index contributed by atoms with van der Waals surface area (Å²) in [5.41, 5.74) is 0.208. The van der Waals surface area contributed by atoms with E-state index in [1.165, 1.54) is 4.57 Å². The number of aromatic nitrogens is 3. The van der Waals surface area contributed by atoms with Crippen molar-refractivity contribution in [3.05, 3.63) is 68.0 Å². The van der Waals surface area contributed by atoms with E-state index in [2.05, 4.69) is 15.3 Å². The summed E-state index contributed by atoms with van der Waals surface area (Å²) >= 11 is 6.03. The maximum Gasteiger partial charge on any atom is 0.390 e. The number of nitrogens with zero attached hydrogens (tertiary/aromatic N) is 4. The lowest BCUT2D eigenvalue weighted by Crippen LogP contribution is -2.43. The number of rotatable bonds is 8. The molecular weight excluding hydrogens is 490 g/mol. The number of allylic oxidation sites excluding steroid dienone is 4. The molecule has 1 aliphatic carbocycles. The van der Waals surface area contributed by atoms with Crippen molar-refractivity contribution in [1.29, 1.82) is 0 Å². The van der Waals surface area contributed by atoms with Crippen molar-refractivity contribution in [2.45, 2.75) is 45.8 Å². The monoisotopic (exact) mass is 515 g/mol. The summed E-state index contributed by atoms with van der Waals surface area (Å²) < 4.78 is 13.4. The van der Waals surface area contributed by atoms with Gasteiger partial charge in [0.25, 0.3) is 0 Å². The van der Waals surface area contributed by atoms with Gasteiger partial charge in [-0.05, 0) is 55.5 Å². The number of halogens is 1. The quantitative estimate of drug-likeness (QED) is 0.547. The van der Waals surface area contributed by atoms with Gasteiger partial charge in [0.1, 0.15) is 12.4 Å². The van der Waals surface area contributed by atoms with Crippen molar-refractivity contribution in [2.75, 3.05) is 11.9 Å². The van der Waals surface area contributed by atoms with Crippen LogP contribution < -0.4 is 21.4 Å². The summed E-state index contributed by atoms with van der Waals surface area (Å²) in [6.45, 7) is 4.17. The molecule has 2 aliphatic rings. The summed E-state index contributed by atoms with van der Waals surface area (Å²) in [6, 6.07) is 4.08. The van der Waals surface area contributed by atoms with Crippen LogP contribution in [0.3, 0.4) is 0 Å². The van der Waals surface area contributed by atoms with Crippen molar-refractivity contribution < 1.29 is 19.4 Å². The molecule has 0 saturated carbocycles. The number of carbonyl (C=O) groups is 1. The van der Waals surface area contributed by atoms with Crippen molar-refractivity contribution in [1.82, 2.24) is 14.1 Å². The third-order valence-electron chi connectivity index (χ3n) is 5.70. The Kier molecular flexibility index (Phi) is 7.58. The van der Waals surface area contributed by atoms with E-state index in [4.69, 9.17) is 26.2 Å². The molecule has 190 valence electrons. The predicted molar refractivity (Wildman–Crippen MR) is 134 cm³/mol. The summed E-state index contributed by atoms with van der Waals surface area (Å²) in [7, 11) is 0. The third kappa shape index (κ3) is 5.68. The lowest BCUT2D eigenvalue weighted by Gasteiger charge is -2.20. The van der Waals surface area contributed by atoms with E-state index in [0.717, 1.165) is 4.57 Å². The molecular formula is C24H26ClN5O6. The minimum atomic E-state index is -1.09. The molecule has 2 heterocycles. The van der Waals surface area contributed by atoms with Crippen molar-refractivity contribution >= 4 is 35.3 Å². The average molecular weight is 516 g/mol. The highest BCUT2D eigenvalue weighted by molar-refractivity contribution is 6.31. The second-order valence-corrected chi connectivity index (χ2v) is 8.91. The molecule has 1 aliphatic heterocycles. The minimum absolute atomic E-state index is 0.0134. The predicted octanol–water partition coefficient (Wildman–Crippen LogP) is 2.78. The molecule has 2 unspecified atom stereocenters. The number of aryl methyl sites for hydroxylation is 1. The molecule has 36 heavy (non-hydrogen) atoms. The van der Waals surface area contributed by atoms with Gasteiger partial charge in [-0.3, -0.25) is 4.57 Å². The zero-order valence-electron chi connectivity index (χ0n) is 19.8. The van der Waals surface area contributed by atoms with Gasteiger partial charge in [0.15, 0.2) is 6.04 Å². The second-order valence-electron chi connectivity index (χ2n) is 8.47. The van der Waals surface area contributed by atoms with E-state index < -0.39 is 23.4 Å². The van der Waals surface area contributed by atoms with E-state index in [0.29, 0.717) is 41.4 Å². The van der Waals surface area contributed by atoms with Crippen LogP contribution in [0.15, 0.2) is 56.0 Å². The van der Waals surface area contributed by atoms with Crippen LogP contribution in [0.5, 0.6) is 5.75 Å². The van der Waals surface area contributed by atoms with E-state index in [-0.39, 0.29) is 31.1 Å². The maximum absolute atomic E-state index is 13.2. The highest BCUT2D eigenvalue weighted by atomic mass is 35.5. The molecule has 12 heteroatoms. The first kappa shape index (κ1) is 25.2. The molecule has 0 saturated heterocycles. The average Bonchev–Trinajstić information content (AvgIpc) is 3.31. The number of nitrogens with one attached hydrogen (secondary N) is 1. The molecule has 0 bridgehead atoms. The molecule has 0 radical (unpaired) electrons. The summed E-state index contributed by atoms with van der Waals surface area (Å²) in [6.07, 6.45) is 6.78. The van der Waals surface area contributed by atoms with Crippen LogP contribution in [0.25, 0.3) is 0 Å². The molecule has 11 nitrogen and oxygen atoms in total. The first-order valence-electron chi connectivity index (χ1n) is 11.5. The number of aliphatic carboxylic acids is 1. The second kappa shape index (κ2) is 10.8. The van der Waals surface area contributed by atoms with Crippen molar-refractivity contribution in [3.8, 4) is 5.75 Å². The first-order valence-corrected chi connectivity index (χ1v) is 11.9. The Morgan fingerprint density at radius 1 is 1.33 bits per heavy atom. The van der Waals surface area contributed by atoms with Gasteiger partial charge in [-0.15, -0.1) is 0 Å². The van der Waals surface area contributed by atoms with Crippen LogP contribution in [0.1, 0.15) is 25.3 Å². The van der Waals surface area contributed by atoms with Gasteiger partial charge < -0.3 is 19.9 Å². The molecule has 2 aromatic rings. The number of anilines is 2. The lowest BCUT2D eigenvalue weighted by molar-refractivity contribution is -0.138. The van der Waals surface area contributed by atoms with Crippen LogP contribution in [0.4, 0.5) is 11.6 Å². The maximum atomic E-state index is 13.2. The van der Waals surface area contributed by atoms with Crippen LogP contribution in [0.2, 0.25) is 0 Å². The van der Waals surface area contributed by atoms with Gasteiger partial charge in [-0.2, -0.15) is 9.98 Å². The largest absolute Gasteiger partial charge is 0.480 e. The van der Waals surface area contributed by atoms with Crippen molar-refractivity contribution in [2.24, 2.45) is 10.9 Å². The molecule has 0 amide bonds. The van der Waals surface area contributed by atoms with Crippen LogP contribution in [-0.2, 0) is 22.6 Å². The third-order valence-corrected chi connectivity index (χ3v) is 5.98.